The summed E-state index contributed by atoms with van der Waals surface area (Å²) in [4.78, 5) is 15.3. The number of carbonyl (C=O) groups excluding carboxylic acids is 1. The van der Waals surface area contributed by atoms with Gasteiger partial charge in [-0.25, -0.2) is 4.79 Å². The molecule has 0 bridgehead atoms. The maximum atomic E-state index is 12.9. The van der Waals surface area contributed by atoms with Crippen molar-refractivity contribution in [3.63, 3.8) is 0 Å². The monoisotopic (exact) mass is 548 g/mol. The van der Waals surface area contributed by atoms with E-state index in [1.165, 1.54) is 11.1 Å². The smallest absolute Gasteiger partial charge is 0.344 e. The van der Waals surface area contributed by atoms with E-state index in [9.17, 15) is 4.79 Å². The molecule has 2 aromatic rings. The lowest BCUT2D eigenvalue weighted by Gasteiger charge is -2.41. The summed E-state index contributed by atoms with van der Waals surface area (Å²) in [6.07, 6.45) is 0.818. The highest BCUT2D eigenvalue weighted by molar-refractivity contribution is 6.21. The van der Waals surface area contributed by atoms with Crippen LogP contribution in [-0.2, 0) is 22.5 Å². The summed E-state index contributed by atoms with van der Waals surface area (Å²) in [5, 5.41) is 0. The fourth-order valence-electron chi connectivity index (χ4n) is 5.09. The van der Waals surface area contributed by atoms with Crippen LogP contribution in [-0.4, -0.2) is 45.2 Å². The van der Waals surface area contributed by atoms with Crippen molar-refractivity contribution in [3.8, 4) is 11.5 Å². The fraction of sp³-hybridized carbons (Fsp3) is 0.400. The standard InChI is InChI=1S/C25H29N2O4.HI/c1-6-30-25(28)22-15(2)27(3,4)20-9-10-21-19(23(20)22)14-26-12-11-16-13-17(29-5)7-8-18(16)24(26)31-21;/h7-10,13,24H,6,11-12,14H2,1-5H3;1H/q+1;/p-1. The maximum Gasteiger partial charge on any atom is 0.344 e. The van der Waals surface area contributed by atoms with Gasteiger partial charge in [0.25, 0.3) is 0 Å². The summed E-state index contributed by atoms with van der Waals surface area (Å²) in [6.45, 7) is 5.86. The number of benzene rings is 2. The van der Waals surface area contributed by atoms with Crippen molar-refractivity contribution in [2.45, 2.75) is 33.0 Å². The van der Waals surface area contributed by atoms with Crippen molar-refractivity contribution in [2.24, 2.45) is 0 Å². The van der Waals surface area contributed by atoms with Gasteiger partial charge in [0.15, 0.2) is 6.23 Å². The minimum absolute atomic E-state index is 0. The first-order chi connectivity index (χ1) is 14.9. The Labute approximate surface area is 206 Å². The molecule has 0 aliphatic carbocycles. The van der Waals surface area contributed by atoms with Gasteiger partial charge in [-0.2, -0.15) is 0 Å². The normalized spacial score (nSPS) is 20.2. The quantitative estimate of drug-likeness (QED) is 0.326. The van der Waals surface area contributed by atoms with Crippen LogP contribution in [0.2, 0.25) is 0 Å². The summed E-state index contributed by atoms with van der Waals surface area (Å²) < 4.78 is 17.9. The predicted molar refractivity (Wildman–Crippen MR) is 120 cm³/mol. The Morgan fingerprint density at radius 1 is 1.25 bits per heavy atom. The molecule has 0 aromatic heterocycles. The van der Waals surface area contributed by atoms with Crippen molar-refractivity contribution < 1.29 is 43.0 Å². The van der Waals surface area contributed by atoms with Crippen LogP contribution in [0, 0.1) is 0 Å². The molecule has 3 aliphatic heterocycles. The second kappa shape index (κ2) is 8.35. The van der Waals surface area contributed by atoms with E-state index < -0.39 is 0 Å². The number of halogens is 1. The molecule has 3 aliphatic rings. The van der Waals surface area contributed by atoms with Gasteiger partial charge in [0.1, 0.15) is 28.5 Å². The molecule has 170 valence electrons. The van der Waals surface area contributed by atoms with Gasteiger partial charge in [0.05, 0.1) is 33.4 Å². The van der Waals surface area contributed by atoms with Crippen LogP contribution in [0.15, 0.2) is 36.0 Å². The molecule has 0 saturated carbocycles. The molecule has 6 nitrogen and oxygen atoms in total. The highest BCUT2D eigenvalue weighted by Crippen LogP contribution is 2.50. The predicted octanol–water partition coefficient (Wildman–Crippen LogP) is 1.02. The minimum atomic E-state index is -0.253. The van der Waals surface area contributed by atoms with E-state index in [0.717, 1.165) is 53.5 Å². The van der Waals surface area contributed by atoms with Gasteiger partial charge in [-0.1, -0.05) is 0 Å². The van der Waals surface area contributed by atoms with Crippen LogP contribution in [0.1, 0.15) is 42.3 Å². The highest BCUT2D eigenvalue weighted by Gasteiger charge is 2.45. The molecule has 7 heteroatoms. The lowest BCUT2D eigenvalue weighted by atomic mass is 9.92. The second-order valence-corrected chi connectivity index (χ2v) is 8.83. The molecule has 2 aromatic carbocycles. The largest absolute Gasteiger partial charge is 1.00 e. The summed E-state index contributed by atoms with van der Waals surface area (Å²) in [6, 6.07) is 10.4. The van der Waals surface area contributed by atoms with E-state index in [1.807, 2.05) is 19.9 Å². The zero-order valence-corrected chi connectivity index (χ0v) is 21.4. The molecular formula is C25H29IN2O4. The number of quaternary nitrogens is 1. The van der Waals surface area contributed by atoms with Crippen molar-refractivity contribution >= 4 is 17.2 Å². The van der Waals surface area contributed by atoms with E-state index in [1.54, 1.807) is 7.11 Å². The number of nitrogens with zero attached hydrogens (tertiary/aromatic N) is 2. The van der Waals surface area contributed by atoms with Crippen LogP contribution in [0.5, 0.6) is 11.5 Å². The number of hydrogen-bond donors (Lipinski definition) is 0. The Bertz CT molecular complexity index is 1130. The van der Waals surface area contributed by atoms with Gasteiger partial charge in [0.2, 0.25) is 0 Å². The molecule has 0 amide bonds. The van der Waals surface area contributed by atoms with Gasteiger partial charge in [-0.05, 0) is 43.2 Å². The van der Waals surface area contributed by atoms with Crippen LogP contribution in [0.3, 0.4) is 0 Å². The molecule has 5 rings (SSSR count). The Morgan fingerprint density at radius 2 is 2.03 bits per heavy atom. The minimum Gasteiger partial charge on any atom is -1.00 e. The number of fused-ring (bicyclic) bond motifs is 6. The Kier molecular flexibility index (Phi) is 6.02. The zero-order chi connectivity index (χ0) is 21.9. The van der Waals surface area contributed by atoms with Crippen LogP contribution in [0.4, 0.5) is 5.69 Å². The summed E-state index contributed by atoms with van der Waals surface area (Å²) in [5.74, 6) is 1.47. The summed E-state index contributed by atoms with van der Waals surface area (Å²) in [7, 11) is 5.93. The number of esters is 1. The molecule has 0 fully saturated rings. The SMILES string of the molecule is CCOC(=O)C1=C(C)[N+](C)(C)c2ccc3c(c21)CN1CCc2cc(OC)ccc2C1O3.[I-]. The molecule has 0 spiro atoms. The third-order valence-corrected chi connectivity index (χ3v) is 7.00. The number of ether oxygens (including phenoxy) is 3. The lowest BCUT2D eigenvalue weighted by Crippen LogP contribution is -3.00. The van der Waals surface area contributed by atoms with E-state index in [0.29, 0.717) is 16.7 Å². The highest BCUT2D eigenvalue weighted by atomic mass is 127. The van der Waals surface area contributed by atoms with Crippen LogP contribution in [0.25, 0.3) is 5.57 Å². The third-order valence-electron chi connectivity index (χ3n) is 7.00. The van der Waals surface area contributed by atoms with Gasteiger partial charge in [0, 0.05) is 37.2 Å². The number of hydrogen-bond acceptors (Lipinski definition) is 5. The van der Waals surface area contributed by atoms with Gasteiger partial charge >= 0.3 is 5.97 Å². The molecule has 3 heterocycles. The molecule has 1 atom stereocenters. The number of rotatable bonds is 3. The first-order valence-corrected chi connectivity index (χ1v) is 10.8. The third kappa shape index (κ3) is 3.33. The topological polar surface area (TPSA) is 48.0 Å². The van der Waals surface area contributed by atoms with Crippen LogP contribution >= 0.6 is 0 Å². The van der Waals surface area contributed by atoms with Crippen molar-refractivity contribution in [1.82, 2.24) is 9.38 Å². The van der Waals surface area contributed by atoms with Crippen LogP contribution < -0.4 is 37.9 Å². The van der Waals surface area contributed by atoms with Gasteiger partial charge in [-0.15, -0.1) is 0 Å². The molecule has 1 unspecified atom stereocenters. The number of carbonyl (C=O) groups is 1. The van der Waals surface area contributed by atoms with Crippen molar-refractivity contribution in [3.05, 3.63) is 58.3 Å². The second-order valence-electron chi connectivity index (χ2n) is 8.83. The first kappa shape index (κ1) is 23.1. The average molecular weight is 548 g/mol. The van der Waals surface area contributed by atoms with E-state index >= 15 is 0 Å². The number of methoxy groups -OCH3 is 1. The van der Waals surface area contributed by atoms with Crippen molar-refractivity contribution in [2.75, 3.05) is 34.4 Å². The molecular weight excluding hydrogens is 519 g/mol. The van der Waals surface area contributed by atoms with Gasteiger partial charge < -0.3 is 38.2 Å². The van der Waals surface area contributed by atoms with E-state index in [4.69, 9.17) is 14.2 Å². The molecule has 32 heavy (non-hydrogen) atoms. The molecule has 0 saturated heterocycles. The van der Waals surface area contributed by atoms with Gasteiger partial charge in [-0.3, -0.25) is 9.38 Å². The Morgan fingerprint density at radius 3 is 2.75 bits per heavy atom. The fourth-order valence-corrected chi connectivity index (χ4v) is 5.09. The first-order valence-electron chi connectivity index (χ1n) is 10.8. The maximum absolute atomic E-state index is 12.9. The van der Waals surface area contributed by atoms with Crippen molar-refractivity contribution in [1.29, 1.82) is 0 Å². The summed E-state index contributed by atoms with van der Waals surface area (Å²) >= 11 is 0. The molecule has 0 radical (unpaired) electrons. The van der Waals surface area contributed by atoms with E-state index in [2.05, 4.69) is 43.3 Å². The molecule has 0 N–H and O–H groups in total. The zero-order valence-electron chi connectivity index (χ0n) is 19.2. The lowest BCUT2D eigenvalue weighted by molar-refractivity contribution is -0.136. The Hall–Kier alpha value is -2.10. The average Bonchev–Trinajstić information content (AvgIpc) is 2.98. The van der Waals surface area contributed by atoms with E-state index in [-0.39, 0.29) is 36.2 Å². The summed E-state index contributed by atoms with van der Waals surface area (Å²) in [5.41, 5.74) is 7.32. The Balaban J connectivity index is 0.00000245. The number of allylic oxidation sites excluding steroid dienone is 1.